The third kappa shape index (κ3) is 5.77. The third-order valence-corrected chi connectivity index (χ3v) is 5.30. The molecule has 0 bridgehead atoms. The first-order chi connectivity index (χ1) is 10.1. The molecule has 118 valence electrons. The second-order valence-electron chi connectivity index (χ2n) is 5.79. The quantitative estimate of drug-likeness (QED) is 0.802. The van der Waals surface area contributed by atoms with Gasteiger partial charge in [0.2, 0.25) is 10.0 Å². The van der Waals surface area contributed by atoms with Crippen LogP contribution in [0.3, 0.4) is 0 Å². The predicted molar refractivity (Wildman–Crippen MR) is 86.5 cm³/mol. The number of nitrogens with zero attached hydrogens (tertiary/aromatic N) is 1. The van der Waals surface area contributed by atoms with Gasteiger partial charge in [0.15, 0.2) is 0 Å². The molecule has 0 aliphatic carbocycles. The van der Waals surface area contributed by atoms with Crippen LogP contribution in [0.25, 0.3) is 0 Å². The summed E-state index contributed by atoms with van der Waals surface area (Å²) in [7, 11) is -3.13. The van der Waals surface area contributed by atoms with Crippen molar-refractivity contribution in [3.8, 4) is 0 Å². The number of rotatable bonds is 8. The van der Waals surface area contributed by atoms with Gasteiger partial charge in [-0.15, -0.1) is 0 Å². The van der Waals surface area contributed by atoms with Gasteiger partial charge in [-0.1, -0.05) is 37.6 Å². The van der Waals surface area contributed by atoms with Crippen LogP contribution in [0.1, 0.15) is 43.7 Å². The summed E-state index contributed by atoms with van der Waals surface area (Å²) in [6, 6.07) is 8.25. The van der Waals surface area contributed by atoms with Crippen LogP contribution in [0, 0.1) is 0 Å². The smallest absolute Gasteiger partial charge is 0.211 e. The summed E-state index contributed by atoms with van der Waals surface area (Å²) in [5.74, 6) is 0.219. The highest BCUT2D eigenvalue weighted by atomic mass is 32.2. The lowest BCUT2D eigenvalue weighted by atomic mass is 10.1. The van der Waals surface area contributed by atoms with Gasteiger partial charge in [-0.05, 0) is 43.5 Å². The standard InChI is InChI=1S/C16H26N2O2S/c1-2-3-12-21(19,20)17-13-15-6-8-16(9-7-15)14-18-10-4-5-11-18/h6-9,17H,2-5,10-14H2,1H3. The Balaban J connectivity index is 1.81. The topological polar surface area (TPSA) is 49.4 Å². The minimum Gasteiger partial charge on any atom is -0.299 e. The molecule has 0 saturated carbocycles. The lowest BCUT2D eigenvalue weighted by Crippen LogP contribution is -2.25. The highest BCUT2D eigenvalue weighted by Gasteiger charge is 2.12. The molecule has 1 fully saturated rings. The van der Waals surface area contributed by atoms with Crippen LogP contribution in [-0.2, 0) is 23.1 Å². The van der Waals surface area contributed by atoms with E-state index in [0.29, 0.717) is 13.0 Å². The number of nitrogens with one attached hydrogen (secondary N) is 1. The van der Waals surface area contributed by atoms with Gasteiger partial charge in [-0.25, -0.2) is 13.1 Å². The molecule has 1 aromatic carbocycles. The third-order valence-electron chi connectivity index (χ3n) is 3.89. The fraction of sp³-hybridized carbons (Fsp3) is 0.625. The van der Waals surface area contributed by atoms with Crippen LogP contribution in [0.15, 0.2) is 24.3 Å². The van der Waals surface area contributed by atoms with E-state index in [1.165, 1.54) is 31.5 Å². The number of likely N-dealkylation sites (tertiary alicyclic amines) is 1. The molecular weight excluding hydrogens is 284 g/mol. The van der Waals surface area contributed by atoms with Crippen LogP contribution in [0.2, 0.25) is 0 Å². The molecule has 0 amide bonds. The van der Waals surface area contributed by atoms with Gasteiger partial charge in [0.1, 0.15) is 0 Å². The van der Waals surface area contributed by atoms with Gasteiger partial charge < -0.3 is 0 Å². The van der Waals surface area contributed by atoms with Crippen molar-refractivity contribution in [1.29, 1.82) is 0 Å². The van der Waals surface area contributed by atoms with Crippen molar-refractivity contribution in [2.45, 2.75) is 45.7 Å². The lowest BCUT2D eigenvalue weighted by Gasteiger charge is -2.14. The summed E-state index contributed by atoms with van der Waals surface area (Å²) in [5, 5.41) is 0. The highest BCUT2D eigenvalue weighted by Crippen LogP contribution is 2.13. The number of sulfonamides is 1. The van der Waals surface area contributed by atoms with Crippen LogP contribution < -0.4 is 4.72 Å². The SMILES string of the molecule is CCCCS(=O)(=O)NCc1ccc(CN2CCCC2)cc1. The average molecular weight is 310 g/mol. The van der Waals surface area contributed by atoms with Crippen molar-refractivity contribution >= 4 is 10.0 Å². The van der Waals surface area contributed by atoms with Gasteiger partial charge in [0, 0.05) is 13.1 Å². The van der Waals surface area contributed by atoms with Crippen molar-refractivity contribution in [2.75, 3.05) is 18.8 Å². The van der Waals surface area contributed by atoms with E-state index in [1.807, 2.05) is 19.1 Å². The van der Waals surface area contributed by atoms with E-state index in [0.717, 1.165) is 18.5 Å². The molecule has 5 heteroatoms. The van der Waals surface area contributed by atoms with E-state index in [2.05, 4.69) is 21.8 Å². The Labute approximate surface area is 128 Å². The molecule has 1 aliphatic rings. The molecular formula is C16H26N2O2S. The maximum Gasteiger partial charge on any atom is 0.211 e. The molecule has 21 heavy (non-hydrogen) atoms. The molecule has 1 N–H and O–H groups in total. The normalized spacial score (nSPS) is 16.4. The minimum absolute atomic E-state index is 0.219. The molecule has 0 atom stereocenters. The van der Waals surface area contributed by atoms with Gasteiger partial charge in [0.05, 0.1) is 5.75 Å². The van der Waals surface area contributed by atoms with Crippen LogP contribution in [-0.4, -0.2) is 32.2 Å². The van der Waals surface area contributed by atoms with Gasteiger partial charge in [-0.3, -0.25) is 4.90 Å². The maximum atomic E-state index is 11.7. The Morgan fingerprint density at radius 3 is 2.33 bits per heavy atom. The first-order valence-electron chi connectivity index (χ1n) is 7.86. The number of benzene rings is 1. The van der Waals surface area contributed by atoms with E-state index in [1.54, 1.807) is 0 Å². The second kappa shape index (κ2) is 7.92. The van der Waals surface area contributed by atoms with Crippen molar-refractivity contribution in [1.82, 2.24) is 9.62 Å². The molecule has 1 aliphatic heterocycles. The number of unbranched alkanes of at least 4 members (excludes halogenated alkanes) is 1. The van der Waals surface area contributed by atoms with E-state index >= 15 is 0 Å². The summed E-state index contributed by atoms with van der Waals surface area (Å²) in [5.41, 5.74) is 2.31. The molecule has 0 spiro atoms. The van der Waals surface area contributed by atoms with Crippen molar-refractivity contribution in [3.63, 3.8) is 0 Å². The molecule has 0 unspecified atom stereocenters. The predicted octanol–water partition coefficient (Wildman–Crippen LogP) is 2.50. The first-order valence-corrected chi connectivity index (χ1v) is 9.52. The summed E-state index contributed by atoms with van der Waals surface area (Å²) >= 11 is 0. The Morgan fingerprint density at radius 2 is 1.71 bits per heavy atom. The lowest BCUT2D eigenvalue weighted by molar-refractivity contribution is 0.331. The highest BCUT2D eigenvalue weighted by molar-refractivity contribution is 7.89. The van der Waals surface area contributed by atoms with Crippen LogP contribution in [0.4, 0.5) is 0 Å². The maximum absolute atomic E-state index is 11.7. The largest absolute Gasteiger partial charge is 0.299 e. The molecule has 4 nitrogen and oxygen atoms in total. The van der Waals surface area contributed by atoms with Gasteiger partial charge in [-0.2, -0.15) is 0 Å². The van der Waals surface area contributed by atoms with E-state index in [9.17, 15) is 8.42 Å². The fourth-order valence-electron chi connectivity index (χ4n) is 2.56. The molecule has 1 saturated heterocycles. The van der Waals surface area contributed by atoms with Crippen molar-refractivity contribution < 1.29 is 8.42 Å². The van der Waals surface area contributed by atoms with Crippen molar-refractivity contribution in [3.05, 3.63) is 35.4 Å². The molecule has 0 radical (unpaired) electrons. The van der Waals surface area contributed by atoms with E-state index in [4.69, 9.17) is 0 Å². The molecule has 0 aromatic heterocycles. The summed E-state index contributed by atoms with van der Waals surface area (Å²) in [6.45, 7) is 5.77. The number of hydrogen-bond donors (Lipinski definition) is 1. The Kier molecular flexibility index (Phi) is 6.21. The van der Waals surface area contributed by atoms with Gasteiger partial charge in [0.25, 0.3) is 0 Å². The minimum atomic E-state index is -3.13. The monoisotopic (exact) mass is 310 g/mol. The Morgan fingerprint density at radius 1 is 1.10 bits per heavy atom. The zero-order chi connectivity index (χ0) is 15.1. The van der Waals surface area contributed by atoms with Crippen molar-refractivity contribution in [2.24, 2.45) is 0 Å². The van der Waals surface area contributed by atoms with Gasteiger partial charge >= 0.3 is 0 Å². The fourth-order valence-corrected chi connectivity index (χ4v) is 3.76. The average Bonchev–Trinajstić information content (AvgIpc) is 2.98. The first kappa shape index (κ1) is 16.5. The molecule has 1 heterocycles. The van der Waals surface area contributed by atoms with E-state index < -0.39 is 10.0 Å². The summed E-state index contributed by atoms with van der Waals surface area (Å²) in [6.07, 6.45) is 4.21. The molecule has 1 aromatic rings. The van der Waals surface area contributed by atoms with Crippen LogP contribution in [0.5, 0.6) is 0 Å². The van der Waals surface area contributed by atoms with Crippen LogP contribution >= 0.6 is 0 Å². The molecule has 2 rings (SSSR count). The van der Waals surface area contributed by atoms with E-state index in [-0.39, 0.29) is 5.75 Å². The Hall–Kier alpha value is -0.910. The number of hydrogen-bond acceptors (Lipinski definition) is 3. The zero-order valence-electron chi connectivity index (χ0n) is 12.8. The Bertz CT molecular complexity index is 520. The summed E-state index contributed by atoms with van der Waals surface area (Å²) < 4.78 is 26.1. The summed E-state index contributed by atoms with van der Waals surface area (Å²) in [4.78, 5) is 2.46. The zero-order valence-corrected chi connectivity index (χ0v) is 13.7. The second-order valence-corrected chi connectivity index (χ2v) is 7.72.